The van der Waals surface area contributed by atoms with E-state index in [0.717, 1.165) is 35.0 Å². The fourth-order valence-electron chi connectivity index (χ4n) is 5.23. The number of benzene rings is 1. The van der Waals surface area contributed by atoms with Gasteiger partial charge in [-0.1, -0.05) is 6.07 Å². The Morgan fingerprint density at radius 3 is 2.51 bits per heavy atom. The van der Waals surface area contributed by atoms with Gasteiger partial charge in [0.05, 0.1) is 16.6 Å². The molecule has 3 aromatic heterocycles. The molecule has 2 fully saturated rings. The van der Waals surface area contributed by atoms with Crippen molar-refractivity contribution in [3.8, 4) is 22.4 Å². The number of nitrogen functional groups attached to an aromatic ring is 1. The molecule has 8 nitrogen and oxygen atoms in total. The molecule has 1 aromatic carbocycles. The van der Waals surface area contributed by atoms with Crippen LogP contribution in [0.4, 0.5) is 16.0 Å². The van der Waals surface area contributed by atoms with Crippen LogP contribution in [0.15, 0.2) is 55.1 Å². The van der Waals surface area contributed by atoms with Crippen LogP contribution in [0.5, 0.6) is 0 Å². The van der Waals surface area contributed by atoms with Gasteiger partial charge in [-0.2, -0.15) is 0 Å². The van der Waals surface area contributed by atoms with Crippen LogP contribution in [-0.2, 0) is 4.79 Å². The topological polar surface area (TPSA) is 110 Å². The first-order valence-corrected chi connectivity index (χ1v) is 11.7. The fraction of sp³-hybridized carbons (Fsp3) is 0.269. The van der Waals surface area contributed by atoms with Crippen LogP contribution in [0.2, 0.25) is 0 Å². The Morgan fingerprint density at radius 1 is 0.943 bits per heavy atom. The van der Waals surface area contributed by atoms with Crippen molar-refractivity contribution in [3.63, 3.8) is 0 Å². The van der Waals surface area contributed by atoms with Crippen LogP contribution < -0.4 is 16.0 Å². The van der Waals surface area contributed by atoms with E-state index in [0.29, 0.717) is 48.8 Å². The SMILES string of the molecule is Nc1cc(-c2ccc3ncnc(-c4cnc(N5CCC6(CCNC6=O)CC5)c(F)c4)c3c2)ccn1. The number of rotatable bonds is 3. The second-order valence-electron chi connectivity index (χ2n) is 9.23. The Hall–Kier alpha value is -4.14. The summed E-state index contributed by atoms with van der Waals surface area (Å²) in [6, 6.07) is 11.0. The maximum atomic E-state index is 15.3. The summed E-state index contributed by atoms with van der Waals surface area (Å²) >= 11 is 0. The first-order chi connectivity index (χ1) is 17.0. The Bertz CT molecular complexity index is 1450. The number of hydrogen-bond acceptors (Lipinski definition) is 7. The summed E-state index contributed by atoms with van der Waals surface area (Å²) in [6.45, 7) is 1.93. The third-order valence-electron chi connectivity index (χ3n) is 7.24. The summed E-state index contributed by atoms with van der Waals surface area (Å²) in [7, 11) is 0. The highest BCUT2D eigenvalue weighted by atomic mass is 19.1. The van der Waals surface area contributed by atoms with Gasteiger partial charge in [0.1, 0.15) is 12.1 Å². The number of nitrogens with two attached hydrogens (primary N) is 1. The average Bonchev–Trinajstić information content (AvgIpc) is 3.23. The lowest BCUT2D eigenvalue weighted by atomic mass is 9.77. The van der Waals surface area contributed by atoms with Crippen LogP contribution in [0, 0.1) is 11.2 Å². The van der Waals surface area contributed by atoms with Gasteiger partial charge in [0.25, 0.3) is 0 Å². The predicted molar refractivity (Wildman–Crippen MR) is 132 cm³/mol. The van der Waals surface area contributed by atoms with Gasteiger partial charge in [-0.05, 0) is 60.7 Å². The molecule has 4 aromatic rings. The number of carbonyl (C=O) groups is 1. The molecule has 9 heteroatoms. The summed E-state index contributed by atoms with van der Waals surface area (Å²) in [4.78, 5) is 31.5. The van der Waals surface area contributed by atoms with Gasteiger partial charge in [-0.15, -0.1) is 0 Å². The summed E-state index contributed by atoms with van der Waals surface area (Å²) in [6.07, 6.45) is 7.07. The monoisotopic (exact) mass is 469 g/mol. The lowest BCUT2D eigenvalue weighted by Gasteiger charge is -2.38. The van der Waals surface area contributed by atoms with E-state index in [-0.39, 0.29) is 11.3 Å². The zero-order valence-electron chi connectivity index (χ0n) is 19.0. The van der Waals surface area contributed by atoms with E-state index >= 15 is 4.39 Å². The number of hydrogen-bond donors (Lipinski definition) is 2. The summed E-state index contributed by atoms with van der Waals surface area (Å²) in [5.74, 6) is 0.476. The number of aromatic nitrogens is 4. The Morgan fingerprint density at radius 2 is 1.77 bits per heavy atom. The Balaban J connectivity index is 1.32. The zero-order chi connectivity index (χ0) is 24.0. The molecule has 2 aliphatic rings. The van der Waals surface area contributed by atoms with Crippen molar-refractivity contribution in [2.45, 2.75) is 19.3 Å². The minimum Gasteiger partial charge on any atom is -0.384 e. The van der Waals surface area contributed by atoms with E-state index < -0.39 is 5.82 Å². The maximum Gasteiger partial charge on any atom is 0.226 e. The molecule has 176 valence electrons. The normalized spacial score (nSPS) is 17.2. The standard InChI is InChI=1S/C26H24FN7O/c27-20-12-18(14-31-24(20)34-9-5-26(6-10-34)4-8-30-25(26)35)23-19-11-16(1-2-21(19)32-15-33-23)17-3-7-29-22(28)13-17/h1-3,7,11-15H,4-6,8-10H2,(H2,28,29)(H,30,35). The molecule has 0 atom stereocenters. The zero-order valence-corrected chi connectivity index (χ0v) is 19.0. The number of nitrogens with zero attached hydrogens (tertiary/aromatic N) is 5. The highest BCUT2D eigenvalue weighted by Gasteiger charge is 2.44. The maximum absolute atomic E-state index is 15.3. The summed E-state index contributed by atoms with van der Waals surface area (Å²) in [5, 5.41) is 3.73. The molecule has 0 saturated carbocycles. The van der Waals surface area contributed by atoms with Crippen LogP contribution >= 0.6 is 0 Å². The number of halogens is 1. The minimum absolute atomic E-state index is 0.130. The fourth-order valence-corrected chi connectivity index (χ4v) is 5.23. The highest BCUT2D eigenvalue weighted by molar-refractivity contribution is 5.95. The highest BCUT2D eigenvalue weighted by Crippen LogP contribution is 2.39. The van der Waals surface area contributed by atoms with Gasteiger partial charge in [0, 0.05) is 43.0 Å². The second-order valence-corrected chi connectivity index (χ2v) is 9.23. The van der Waals surface area contributed by atoms with Crippen LogP contribution in [0.3, 0.4) is 0 Å². The number of piperidine rings is 1. The Labute approximate surface area is 201 Å². The number of anilines is 2. The lowest BCUT2D eigenvalue weighted by molar-refractivity contribution is -0.128. The third kappa shape index (κ3) is 3.73. The molecule has 1 spiro atoms. The molecule has 2 aliphatic heterocycles. The molecular formula is C26H24FN7O. The minimum atomic E-state index is -0.404. The van der Waals surface area contributed by atoms with Crippen LogP contribution in [-0.4, -0.2) is 45.5 Å². The van der Waals surface area contributed by atoms with Crippen molar-refractivity contribution < 1.29 is 9.18 Å². The molecule has 3 N–H and O–H groups in total. The number of amides is 1. The first-order valence-electron chi connectivity index (χ1n) is 11.7. The first kappa shape index (κ1) is 21.4. The van der Waals surface area contributed by atoms with Crippen molar-refractivity contribution in [3.05, 3.63) is 60.9 Å². The molecule has 6 rings (SSSR count). The van der Waals surface area contributed by atoms with Gasteiger partial charge in [-0.3, -0.25) is 4.79 Å². The van der Waals surface area contributed by atoms with E-state index in [1.54, 1.807) is 18.5 Å². The third-order valence-corrected chi connectivity index (χ3v) is 7.24. The molecule has 1 amide bonds. The molecule has 0 unspecified atom stereocenters. The average molecular weight is 470 g/mol. The van der Waals surface area contributed by atoms with Gasteiger partial charge < -0.3 is 16.0 Å². The van der Waals surface area contributed by atoms with Crippen LogP contribution in [0.1, 0.15) is 19.3 Å². The van der Waals surface area contributed by atoms with E-state index in [1.807, 2.05) is 29.2 Å². The Kier molecular flexibility index (Phi) is 5.05. The van der Waals surface area contributed by atoms with Crippen molar-refractivity contribution in [1.82, 2.24) is 25.3 Å². The van der Waals surface area contributed by atoms with Crippen LogP contribution in [0.25, 0.3) is 33.3 Å². The number of pyridine rings is 2. The van der Waals surface area contributed by atoms with Gasteiger partial charge in [-0.25, -0.2) is 24.3 Å². The van der Waals surface area contributed by atoms with E-state index in [2.05, 4.69) is 25.3 Å². The molecule has 0 radical (unpaired) electrons. The van der Waals surface area contributed by atoms with Crippen molar-refractivity contribution in [2.75, 3.05) is 30.3 Å². The summed E-state index contributed by atoms with van der Waals surface area (Å²) in [5.41, 5.74) is 9.35. The molecule has 0 aliphatic carbocycles. The molecular weight excluding hydrogens is 445 g/mol. The molecule has 0 bridgehead atoms. The molecule has 5 heterocycles. The van der Waals surface area contributed by atoms with Gasteiger partial charge in [0.2, 0.25) is 5.91 Å². The molecule has 35 heavy (non-hydrogen) atoms. The van der Waals surface area contributed by atoms with Crippen molar-refractivity contribution >= 4 is 28.4 Å². The number of fused-ring (bicyclic) bond motifs is 1. The van der Waals surface area contributed by atoms with Gasteiger partial charge in [0.15, 0.2) is 11.6 Å². The predicted octanol–water partition coefficient (Wildman–Crippen LogP) is 3.58. The second kappa shape index (κ2) is 8.26. The van der Waals surface area contributed by atoms with E-state index in [9.17, 15) is 4.79 Å². The largest absolute Gasteiger partial charge is 0.384 e. The number of carbonyl (C=O) groups excluding carboxylic acids is 1. The lowest BCUT2D eigenvalue weighted by Crippen LogP contribution is -2.44. The molecule has 2 saturated heterocycles. The summed E-state index contributed by atoms with van der Waals surface area (Å²) < 4.78 is 15.3. The smallest absolute Gasteiger partial charge is 0.226 e. The van der Waals surface area contributed by atoms with Gasteiger partial charge >= 0.3 is 0 Å². The van der Waals surface area contributed by atoms with E-state index in [1.165, 1.54) is 12.4 Å². The number of nitrogens with one attached hydrogen (secondary N) is 1. The van der Waals surface area contributed by atoms with Crippen molar-refractivity contribution in [2.24, 2.45) is 5.41 Å². The van der Waals surface area contributed by atoms with E-state index in [4.69, 9.17) is 5.73 Å². The van der Waals surface area contributed by atoms with Crippen molar-refractivity contribution in [1.29, 1.82) is 0 Å². The quantitative estimate of drug-likeness (QED) is 0.472.